The number of sulfonamides is 1. The number of aryl methyl sites for hydroxylation is 2. The van der Waals surface area contributed by atoms with Crippen molar-refractivity contribution in [2.45, 2.75) is 31.1 Å². The highest BCUT2D eigenvalue weighted by molar-refractivity contribution is 7.92. The molecule has 5 nitrogen and oxygen atoms in total. The van der Waals surface area contributed by atoms with Gasteiger partial charge in [0.1, 0.15) is 0 Å². The molecule has 1 amide bonds. The Kier molecular flexibility index (Phi) is 4.32. The highest BCUT2D eigenvalue weighted by Crippen LogP contribution is 2.26. The molecule has 0 saturated carbocycles. The second-order valence-electron chi connectivity index (χ2n) is 6.15. The number of hydrogen-bond donors (Lipinski definition) is 2. The predicted octanol–water partition coefficient (Wildman–Crippen LogP) is 2.71. The van der Waals surface area contributed by atoms with Gasteiger partial charge in [-0.2, -0.15) is 0 Å². The summed E-state index contributed by atoms with van der Waals surface area (Å²) in [7, 11) is -3.64. The zero-order chi connectivity index (χ0) is 17.3. The molecule has 1 fully saturated rings. The molecular formula is C18H20N2O3S. The number of rotatable bonds is 4. The van der Waals surface area contributed by atoms with Crippen molar-refractivity contribution in [2.24, 2.45) is 0 Å². The zero-order valence-corrected chi connectivity index (χ0v) is 14.5. The Hall–Kier alpha value is -2.34. The Bertz CT molecular complexity index is 853. The highest BCUT2D eigenvalue weighted by Gasteiger charge is 2.23. The third kappa shape index (κ3) is 3.28. The smallest absolute Gasteiger partial charge is 0.261 e. The van der Waals surface area contributed by atoms with Crippen LogP contribution < -0.4 is 10.0 Å². The first-order valence-electron chi connectivity index (χ1n) is 7.82. The van der Waals surface area contributed by atoms with Crippen molar-refractivity contribution in [3.8, 4) is 0 Å². The summed E-state index contributed by atoms with van der Waals surface area (Å²) < 4.78 is 27.9. The SMILES string of the molecule is Cc1cccc(C)c1NS(=O)(=O)c1ccc(C2CNC(=O)C2)cc1. The molecule has 0 radical (unpaired) electrons. The van der Waals surface area contributed by atoms with Gasteiger partial charge in [0.15, 0.2) is 0 Å². The Balaban J connectivity index is 1.84. The average Bonchev–Trinajstić information content (AvgIpc) is 2.98. The number of para-hydroxylation sites is 1. The van der Waals surface area contributed by atoms with Crippen LogP contribution in [0.2, 0.25) is 0 Å². The zero-order valence-electron chi connectivity index (χ0n) is 13.7. The van der Waals surface area contributed by atoms with Crippen molar-refractivity contribution >= 4 is 21.6 Å². The minimum atomic E-state index is -3.64. The van der Waals surface area contributed by atoms with E-state index in [9.17, 15) is 13.2 Å². The van der Waals surface area contributed by atoms with Crippen LogP contribution >= 0.6 is 0 Å². The molecular weight excluding hydrogens is 324 g/mol. The molecule has 0 bridgehead atoms. The lowest BCUT2D eigenvalue weighted by atomic mass is 9.99. The van der Waals surface area contributed by atoms with Crippen molar-refractivity contribution < 1.29 is 13.2 Å². The van der Waals surface area contributed by atoms with E-state index in [0.717, 1.165) is 16.7 Å². The molecule has 1 unspecified atom stereocenters. The summed E-state index contributed by atoms with van der Waals surface area (Å²) in [5.41, 5.74) is 3.35. The van der Waals surface area contributed by atoms with E-state index in [4.69, 9.17) is 0 Å². The molecule has 1 saturated heterocycles. The summed E-state index contributed by atoms with van der Waals surface area (Å²) in [6, 6.07) is 12.4. The van der Waals surface area contributed by atoms with Crippen LogP contribution in [0.25, 0.3) is 0 Å². The second-order valence-corrected chi connectivity index (χ2v) is 7.83. The number of hydrogen-bond acceptors (Lipinski definition) is 3. The van der Waals surface area contributed by atoms with Gasteiger partial charge in [-0.1, -0.05) is 30.3 Å². The van der Waals surface area contributed by atoms with Gasteiger partial charge < -0.3 is 5.32 Å². The molecule has 24 heavy (non-hydrogen) atoms. The molecule has 1 aliphatic heterocycles. The van der Waals surface area contributed by atoms with E-state index in [0.29, 0.717) is 18.7 Å². The molecule has 0 aromatic heterocycles. The minimum absolute atomic E-state index is 0.0355. The number of amides is 1. The van der Waals surface area contributed by atoms with Crippen LogP contribution in [0.1, 0.15) is 29.0 Å². The summed E-state index contributed by atoms with van der Waals surface area (Å²) in [5, 5.41) is 2.79. The van der Waals surface area contributed by atoms with Gasteiger partial charge in [-0.05, 0) is 42.7 Å². The van der Waals surface area contributed by atoms with Crippen molar-refractivity contribution in [2.75, 3.05) is 11.3 Å². The molecule has 2 aromatic carbocycles. The largest absolute Gasteiger partial charge is 0.355 e. The van der Waals surface area contributed by atoms with Crippen LogP contribution in [0.4, 0.5) is 5.69 Å². The lowest BCUT2D eigenvalue weighted by molar-refractivity contribution is -0.119. The predicted molar refractivity (Wildman–Crippen MR) is 93.5 cm³/mol. The Morgan fingerprint density at radius 2 is 1.67 bits per heavy atom. The molecule has 6 heteroatoms. The molecule has 3 rings (SSSR count). The molecule has 0 aliphatic carbocycles. The van der Waals surface area contributed by atoms with Crippen LogP contribution in [-0.4, -0.2) is 20.9 Å². The lowest BCUT2D eigenvalue weighted by Gasteiger charge is -2.14. The van der Waals surface area contributed by atoms with Crippen LogP contribution in [0, 0.1) is 13.8 Å². The maximum absolute atomic E-state index is 12.6. The fourth-order valence-electron chi connectivity index (χ4n) is 2.93. The Labute approximate surface area is 142 Å². The first kappa shape index (κ1) is 16.5. The molecule has 0 spiro atoms. The van der Waals surface area contributed by atoms with Gasteiger partial charge in [0.05, 0.1) is 10.6 Å². The van der Waals surface area contributed by atoms with Crippen molar-refractivity contribution in [3.05, 3.63) is 59.2 Å². The molecule has 2 N–H and O–H groups in total. The van der Waals surface area contributed by atoms with Gasteiger partial charge in [0, 0.05) is 18.9 Å². The van der Waals surface area contributed by atoms with Crippen molar-refractivity contribution in [1.29, 1.82) is 0 Å². The third-order valence-corrected chi connectivity index (χ3v) is 5.72. The standard InChI is InChI=1S/C18H20N2O3S/c1-12-4-3-5-13(2)18(12)20-24(22,23)16-8-6-14(7-9-16)15-10-17(21)19-11-15/h3-9,15,20H,10-11H2,1-2H3,(H,19,21). The van der Waals surface area contributed by atoms with Crippen molar-refractivity contribution in [3.63, 3.8) is 0 Å². The first-order chi connectivity index (χ1) is 11.4. The normalized spacial score (nSPS) is 17.6. The number of nitrogens with one attached hydrogen (secondary N) is 2. The van der Waals surface area contributed by atoms with Crippen LogP contribution in [0.5, 0.6) is 0 Å². The van der Waals surface area contributed by atoms with Gasteiger partial charge in [0.25, 0.3) is 10.0 Å². The van der Waals surface area contributed by atoms with Crippen LogP contribution in [-0.2, 0) is 14.8 Å². The van der Waals surface area contributed by atoms with E-state index in [1.54, 1.807) is 24.3 Å². The fraction of sp³-hybridized carbons (Fsp3) is 0.278. The summed E-state index contributed by atoms with van der Waals surface area (Å²) in [4.78, 5) is 11.5. The van der Waals surface area contributed by atoms with Gasteiger partial charge in [-0.25, -0.2) is 8.42 Å². The summed E-state index contributed by atoms with van der Waals surface area (Å²) in [5.74, 6) is 0.147. The highest BCUT2D eigenvalue weighted by atomic mass is 32.2. The molecule has 2 aromatic rings. The summed E-state index contributed by atoms with van der Waals surface area (Å²) >= 11 is 0. The maximum Gasteiger partial charge on any atom is 0.261 e. The minimum Gasteiger partial charge on any atom is -0.355 e. The van der Waals surface area contributed by atoms with Gasteiger partial charge in [-0.3, -0.25) is 9.52 Å². The van der Waals surface area contributed by atoms with Crippen molar-refractivity contribution in [1.82, 2.24) is 5.32 Å². The van der Waals surface area contributed by atoms with Gasteiger partial charge in [0.2, 0.25) is 5.91 Å². The maximum atomic E-state index is 12.6. The van der Waals surface area contributed by atoms with E-state index in [1.807, 2.05) is 32.0 Å². The number of anilines is 1. The Morgan fingerprint density at radius 3 is 2.21 bits per heavy atom. The number of benzene rings is 2. The molecule has 1 atom stereocenters. The van der Waals surface area contributed by atoms with Gasteiger partial charge >= 0.3 is 0 Å². The van der Waals surface area contributed by atoms with Crippen LogP contribution in [0.3, 0.4) is 0 Å². The fourth-order valence-corrected chi connectivity index (χ4v) is 4.13. The van der Waals surface area contributed by atoms with E-state index in [2.05, 4.69) is 10.0 Å². The summed E-state index contributed by atoms with van der Waals surface area (Å²) in [6.45, 7) is 4.35. The van der Waals surface area contributed by atoms with E-state index >= 15 is 0 Å². The lowest BCUT2D eigenvalue weighted by Crippen LogP contribution is -2.15. The average molecular weight is 344 g/mol. The van der Waals surface area contributed by atoms with Gasteiger partial charge in [-0.15, -0.1) is 0 Å². The second kappa shape index (κ2) is 6.28. The monoisotopic (exact) mass is 344 g/mol. The third-order valence-electron chi connectivity index (χ3n) is 4.36. The van der Waals surface area contributed by atoms with E-state index < -0.39 is 10.0 Å². The summed E-state index contributed by atoms with van der Waals surface area (Å²) in [6.07, 6.45) is 0.451. The quantitative estimate of drug-likeness (QED) is 0.895. The molecule has 126 valence electrons. The van der Waals surface area contributed by atoms with Crippen LogP contribution in [0.15, 0.2) is 47.4 Å². The van der Waals surface area contributed by atoms with E-state index in [-0.39, 0.29) is 16.7 Å². The Morgan fingerprint density at radius 1 is 1.04 bits per heavy atom. The topological polar surface area (TPSA) is 75.3 Å². The first-order valence-corrected chi connectivity index (χ1v) is 9.31. The number of carbonyl (C=O) groups is 1. The van der Waals surface area contributed by atoms with E-state index in [1.165, 1.54) is 0 Å². The number of carbonyl (C=O) groups excluding carboxylic acids is 1. The molecule has 1 aliphatic rings. The molecule has 1 heterocycles.